The van der Waals surface area contributed by atoms with Crippen molar-refractivity contribution in [3.05, 3.63) is 39.2 Å². The molecule has 2 aromatic rings. The van der Waals surface area contributed by atoms with E-state index in [2.05, 4.69) is 27.6 Å². The molecule has 2 heterocycles. The summed E-state index contributed by atoms with van der Waals surface area (Å²) >= 11 is 1.68. The summed E-state index contributed by atoms with van der Waals surface area (Å²) in [6.07, 6.45) is 1.60. The maximum atomic E-state index is 9.35. The Morgan fingerprint density at radius 1 is 1.32 bits per heavy atom. The molecule has 0 spiro atoms. The van der Waals surface area contributed by atoms with Gasteiger partial charge >= 0.3 is 0 Å². The van der Waals surface area contributed by atoms with Crippen molar-refractivity contribution in [1.29, 1.82) is 5.26 Å². The number of nitrogens with zero attached hydrogens (tertiary/aromatic N) is 3. The van der Waals surface area contributed by atoms with Gasteiger partial charge in [-0.25, -0.2) is 0 Å². The highest BCUT2D eigenvalue weighted by atomic mass is 32.1. The van der Waals surface area contributed by atoms with Crippen molar-refractivity contribution in [1.82, 2.24) is 10.2 Å². The van der Waals surface area contributed by atoms with Crippen LogP contribution in [0.25, 0.3) is 0 Å². The number of hydrogen-bond acceptors (Lipinski definition) is 5. The minimum absolute atomic E-state index is 0.588. The van der Waals surface area contributed by atoms with E-state index in [-0.39, 0.29) is 0 Å². The topological polar surface area (TPSA) is 61.6 Å². The van der Waals surface area contributed by atoms with Gasteiger partial charge in [0, 0.05) is 4.88 Å². The minimum atomic E-state index is 0.588. The molecule has 19 heavy (non-hydrogen) atoms. The number of anilines is 1. The first-order valence-corrected chi connectivity index (χ1v) is 7.22. The van der Waals surface area contributed by atoms with Crippen molar-refractivity contribution in [2.45, 2.75) is 33.2 Å². The number of aromatic nitrogens is 2. The number of aryl methyl sites for hydroxylation is 1. The number of thiophene rings is 1. The van der Waals surface area contributed by atoms with E-state index in [1.165, 1.54) is 4.88 Å². The summed E-state index contributed by atoms with van der Waals surface area (Å²) in [5.74, 6) is 0.588. The number of rotatable bonds is 5. The minimum Gasteiger partial charge on any atom is -0.363 e. The fraction of sp³-hybridized carbons (Fsp3) is 0.357. The van der Waals surface area contributed by atoms with Crippen LogP contribution < -0.4 is 5.32 Å². The zero-order valence-corrected chi connectivity index (χ0v) is 11.9. The van der Waals surface area contributed by atoms with Crippen molar-refractivity contribution < 1.29 is 0 Å². The van der Waals surface area contributed by atoms with E-state index in [0.29, 0.717) is 17.9 Å². The maximum absolute atomic E-state index is 9.35. The quantitative estimate of drug-likeness (QED) is 0.908. The van der Waals surface area contributed by atoms with Gasteiger partial charge in [-0.15, -0.1) is 16.4 Å². The molecule has 1 N–H and O–H groups in total. The largest absolute Gasteiger partial charge is 0.363 e. The van der Waals surface area contributed by atoms with Crippen LogP contribution in [0.15, 0.2) is 17.5 Å². The van der Waals surface area contributed by atoms with Crippen LogP contribution in [0.3, 0.4) is 0 Å². The Kier molecular flexibility index (Phi) is 4.48. The van der Waals surface area contributed by atoms with Gasteiger partial charge in [0.15, 0.2) is 5.82 Å². The lowest BCUT2D eigenvalue weighted by atomic mass is 10.0. The molecule has 0 saturated heterocycles. The van der Waals surface area contributed by atoms with E-state index in [1.54, 1.807) is 11.3 Å². The Labute approximate surface area is 117 Å². The Morgan fingerprint density at radius 3 is 2.74 bits per heavy atom. The zero-order valence-electron chi connectivity index (χ0n) is 11.1. The molecule has 0 amide bonds. The molecule has 0 saturated carbocycles. The van der Waals surface area contributed by atoms with Crippen LogP contribution >= 0.6 is 11.3 Å². The summed E-state index contributed by atoms with van der Waals surface area (Å²) in [5, 5.41) is 23.0. The number of nitriles is 1. The lowest BCUT2D eigenvalue weighted by Crippen LogP contribution is -2.09. The second-order valence-corrected chi connectivity index (χ2v) is 5.13. The fourth-order valence-corrected chi connectivity index (χ4v) is 2.65. The monoisotopic (exact) mass is 272 g/mol. The van der Waals surface area contributed by atoms with Gasteiger partial charge in [-0.1, -0.05) is 19.9 Å². The van der Waals surface area contributed by atoms with Crippen molar-refractivity contribution in [2.24, 2.45) is 0 Å². The molecule has 0 aliphatic rings. The van der Waals surface area contributed by atoms with Crippen molar-refractivity contribution in [2.75, 3.05) is 5.32 Å². The highest BCUT2D eigenvalue weighted by Gasteiger charge is 2.13. The summed E-state index contributed by atoms with van der Waals surface area (Å²) in [7, 11) is 0. The summed E-state index contributed by atoms with van der Waals surface area (Å²) in [6, 6.07) is 6.32. The van der Waals surface area contributed by atoms with E-state index < -0.39 is 0 Å². The first-order chi connectivity index (χ1) is 9.30. The molecule has 4 nitrogen and oxygen atoms in total. The highest BCUT2D eigenvalue weighted by molar-refractivity contribution is 7.09. The van der Waals surface area contributed by atoms with E-state index in [0.717, 1.165) is 24.1 Å². The van der Waals surface area contributed by atoms with Crippen molar-refractivity contribution in [3.8, 4) is 6.07 Å². The third-order valence-electron chi connectivity index (χ3n) is 2.97. The number of nitrogens with one attached hydrogen (secondary N) is 1. The van der Waals surface area contributed by atoms with Gasteiger partial charge in [-0.2, -0.15) is 10.4 Å². The molecule has 2 aromatic heterocycles. The Morgan fingerprint density at radius 2 is 2.16 bits per heavy atom. The normalized spacial score (nSPS) is 10.2. The first-order valence-electron chi connectivity index (χ1n) is 6.34. The molecule has 0 radical (unpaired) electrons. The second-order valence-electron chi connectivity index (χ2n) is 4.10. The smallest absolute Gasteiger partial charge is 0.167 e. The van der Waals surface area contributed by atoms with Gasteiger partial charge in [-0.3, -0.25) is 0 Å². The zero-order chi connectivity index (χ0) is 13.7. The first kappa shape index (κ1) is 13.5. The van der Waals surface area contributed by atoms with E-state index in [9.17, 15) is 5.26 Å². The van der Waals surface area contributed by atoms with Crippen molar-refractivity contribution in [3.63, 3.8) is 0 Å². The van der Waals surface area contributed by atoms with Crippen LogP contribution in [0.1, 0.15) is 35.5 Å². The Bertz CT molecular complexity index is 584. The van der Waals surface area contributed by atoms with Gasteiger partial charge in [0.05, 0.1) is 12.2 Å². The standard InChI is InChI=1S/C14H16N4S/c1-3-11-12(8-15)14(18-17-13(11)4-2)16-9-10-6-5-7-19-10/h5-7H,3-4,9H2,1-2H3,(H,16,18). The van der Waals surface area contributed by atoms with E-state index >= 15 is 0 Å². The molecule has 0 unspecified atom stereocenters. The molecule has 0 aliphatic carbocycles. The average Bonchev–Trinajstić information content (AvgIpc) is 2.96. The molecule has 2 rings (SSSR count). The fourth-order valence-electron chi connectivity index (χ4n) is 2.00. The summed E-state index contributed by atoms with van der Waals surface area (Å²) in [4.78, 5) is 1.21. The molecule has 5 heteroatoms. The molecular weight excluding hydrogens is 256 g/mol. The Hall–Kier alpha value is -1.93. The van der Waals surface area contributed by atoms with Gasteiger partial charge in [0.25, 0.3) is 0 Å². The van der Waals surface area contributed by atoms with Crippen LogP contribution in [-0.4, -0.2) is 10.2 Å². The lowest BCUT2D eigenvalue weighted by molar-refractivity contribution is 0.870. The van der Waals surface area contributed by atoms with Crippen LogP contribution in [-0.2, 0) is 19.4 Å². The summed E-state index contributed by atoms with van der Waals surface area (Å²) < 4.78 is 0. The molecule has 0 aliphatic heterocycles. The van der Waals surface area contributed by atoms with E-state index in [1.807, 2.05) is 25.3 Å². The number of hydrogen-bond donors (Lipinski definition) is 1. The molecule has 0 fully saturated rings. The van der Waals surface area contributed by atoms with Gasteiger partial charge in [-0.05, 0) is 29.9 Å². The molecule has 98 valence electrons. The molecule has 0 bridgehead atoms. The highest BCUT2D eigenvalue weighted by Crippen LogP contribution is 2.21. The molecular formula is C14H16N4S. The van der Waals surface area contributed by atoms with Crippen LogP contribution in [0, 0.1) is 11.3 Å². The predicted octanol–water partition coefficient (Wildman–Crippen LogP) is 3.15. The predicted molar refractivity (Wildman–Crippen MR) is 77.1 cm³/mol. The van der Waals surface area contributed by atoms with Crippen LogP contribution in [0.2, 0.25) is 0 Å². The third kappa shape index (κ3) is 2.91. The molecule has 0 atom stereocenters. The van der Waals surface area contributed by atoms with Gasteiger partial charge < -0.3 is 5.32 Å². The van der Waals surface area contributed by atoms with Crippen LogP contribution in [0.4, 0.5) is 5.82 Å². The van der Waals surface area contributed by atoms with E-state index in [4.69, 9.17) is 0 Å². The summed E-state index contributed by atoms with van der Waals surface area (Å²) in [5.41, 5.74) is 2.56. The molecule has 0 aromatic carbocycles. The summed E-state index contributed by atoms with van der Waals surface area (Å²) in [6.45, 7) is 4.75. The second kappa shape index (κ2) is 6.30. The third-order valence-corrected chi connectivity index (χ3v) is 3.84. The maximum Gasteiger partial charge on any atom is 0.167 e. The van der Waals surface area contributed by atoms with Crippen LogP contribution in [0.5, 0.6) is 0 Å². The SMILES string of the molecule is CCc1nnc(NCc2cccs2)c(C#N)c1CC. The lowest BCUT2D eigenvalue weighted by Gasteiger charge is -2.11. The Balaban J connectivity index is 2.28. The van der Waals surface area contributed by atoms with Gasteiger partial charge in [0.2, 0.25) is 0 Å². The van der Waals surface area contributed by atoms with Gasteiger partial charge in [0.1, 0.15) is 11.6 Å². The van der Waals surface area contributed by atoms with Crippen molar-refractivity contribution >= 4 is 17.2 Å². The average molecular weight is 272 g/mol.